The van der Waals surface area contributed by atoms with Crippen LogP contribution in [0.3, 0.4) is 0 Å². The van der Waals surface area contributed by atoms with Gasteiger partial charge in [-0.3, -0.25) is 10.1 Å². The zero-order chi connectivity index (χ0) is 11.8. The molecule has 3 nitrogen and oxygen atoms in total. The molecule has 2 fully saturated rings. The number of carbonyl (C=O) groups excluding carboxylic acids is 1. The van der Waals surface area contributed by atoms with Crippen LogP contribution in [0.5, 0.6) is 0 Å². The third kappa shape index (κ3) is 2.51. The molecule has 0 aromatic rings. The molecule has 1 saturated carbocycles. The van der Waals surface area contributed by atoms with Crippen molar-refractivity contribution in [1.29, 1.82) is 0 Å². The zero-order valence-corrected chi connectivity index (χ0v) is 9.51. The molecule has 0 spiro atoms. The fourth-order valence-corrected chi connectivity index (χ4v) is 2.31. The summed E-state index contributed by atoms with van der Waals surface area (Å²) in [5.74, 6) is -2.34. The number of nitrogens with one attached hydrogen (secondary N) is 1. The van der Waals surface area contributed by atoms with E-state index >= 15 is 0 Å². The van der Waals surface area contributed by atoms with Crippen molar-refractivity contribution in [3.63, 3.8) is 0 Å². The molecule has 1 aliphatic carbocycles. The first-order valence-electron chi connectivity index (χ1n) is 5.84. The van der Waals surface area contributed by atoms with Gasteiger partial charge in [0.1, 0.15) is 0 Å². The molecule has 92 valence electrons. The molecule has 0 radical (unpaired) electrons. The molecule has 2 rings (SSSR count). The van der Waals surface area contributed by atoms with Crippen molar-refractivity contribution in [1.82, 2.24) is 10.2 Å². The first kappa shape index (κ1) is 11.8. The van der Waals surface area contributed by atoms with Gasteiger partial charge in [0.05, 0.1) is 12.6 Å². The molecule has 1 saturated heterocycles. The summed E-state index contributed by atoms with van der Waals surface area (Å²) >= 11 is 0. The predicted octanol–water partition coefficient (Wildman–Crippen LogP) is 1.24. The number of carbonyl (C=O) groups is 1. The number of alkyl halides is 2. The maximum Gasteiger partial charge on any atom is 0.262 e. The Morgan fingerprint density at radius 1 is 1.50 bits per heavy atom. The van der Waals surface area contributed by atoms with Gasteiger partial charge in [0.15, 0.2) is 0 Å². The van der Waals surface area contributed by atoms with Crippen LogP contribution in [0.4, 0.5) is 8.78 Å². The highest BCUT2D eigenvalue weighted by Crippen LogP contribution is 2.28. The summed E-state index contributed by atoms with van der Waals surface area (Å²) in [4.78, 5) is 13.4. The Hall–Kier alpha value is -0.710. The van der Waals surface area contributed by atoms with Gasteiger partial charge in [-0.05, 0) is 18.8 Å². The molecular weight excluding hydrogens is 214 g/mol. The molecule has 1 amide bonds. The number of amides is 1. The number of hydrogen-bond acceptors (Lipinski definition) is 2. The topological polar surface area (TPSA) is 32.3 Å². The first-order chi connectivity index (χ1) is 7.48. The summed E-state index contributed by atoms with van der Waals surface area (Å²) in [6.07, 6.45) is 3.19. The van der Waals surface area contributed by atoms with E-state index in [9.17, 15) is 13.6 Å². The van der Waals surface area contributed by atoms with Crippen molar-refractivity contribution in [3.05, 3.63) is 0 Å². The van der Waals surface area contributed by atoms with E-state index in [0.717, 1.165) is 12.8 Å². The van der Waals surface area contributed by atoms with E-state index in [-0.39, 0.29) is 18.9 Å². The van der Waals surface area contributed by atoms with Crippen LogP contribution < -0.4 is 5.32 Å². The van der Waals surface area contributed by atoms with Crippen LogP contribution in [0.25, 0.3) is 0 Å². The summed E-state index contributed by atoms with van der Waals surface area (Å²) in [7, 11) is 1.71. The van der Waals surface area contributed by atoms with E-state index in [2.05, 4.69) is 5.32 Å². The lowest BCUT2D eigenvalue weighted by atomic mass is 9.85. The van der Waals surface area contributed by atoms with Gasteiger partial charge < -0.3 is 4.90 Å². The summed E-state index contributed by atoms with van der Waals surface area (Å²) < 4.78 is 25.8. The van der Waals surface area contributed by atoms with Crippen molar-refractivity contribution in [2.75, 3.05) is 20.1 Å². The predicted molar refractivity (Wildman–Crippen MR) is 56.3 cm³/mol. The maximum absolute atomic E-state index is 12.9. The number of halogens is 2. The SMILES string of the molecule is CN(CC1CCC1)C(=O)C1CC(F)(F)CN1. The zero-order valence-electron chi connectivity index (χ0n) is 9.51. The van der Waals surface area contributed by atoms with E-state index in [0.29, 0.717) is 12.5 Å². The number of rotatable bonds is 3. The molecule has 1 N–H and O–H groups in total. The second-order valence-electron chi connectivity index (χ2n) is 5.01. The van der Waals surface area contributed by atoms with Gasteiger partial charge in [-0.2, -0.15) is 0 Å². The van der Waals surface area contributed by atoms with Crippen LogP contribution in [-0.4, -0.2) is 42.9 Å². The average molecular weight is 232 g/mol. The van der Waals surface area contributed by atoms with Crippen LogP contribution in [0.2, 0.25) is 0 Å². The van der Waals surface area contributed by atoms with Gasteiger partial charge in [0.2, 0.25) is 5.91 Å². The van der Waals surface area contributed by atoms with Crippen molar-refractivity contribution >= 4 is 5.91 Å². The van der Waals surface area contributed by atoms with E-state index in [1.165, 1.54) is 6.42 Å². The van der Waals surface area contributed by atoms with Gasteiger partial charge in [-0.1, -0.05) is 6.42 Å². The monoisotopic (exact) mass is 232 g/mol. The third-order valence-electron chi connectivity index (χ3n) is 3.54. The number of likely N-dealkylation sites (N-methyl/N-ethyl adjacent to an activating group) is 1. The molecular formula is C11H18F2N2O. The van der Waals surface area contributed by atoms with Crippen molar-refractivity contribution in [2.24, 2.45) is 5.92 Å². The van der Waals surface area contributed by atoms with Crippen molar-refractivity contribution in [3.8, 4) is 0 Å². The molecule has 0 aromatic heterocycles. The summed E-state index contributed by atoms with van der Waals surface area (Å²) in [5.41, 5.74) is 0. The molecule has 5 heteroatoms. The van der Waals surface area contributed by atoms with Crippen LogP contribution >= 0.6 is 0 Å². The molecule has 1 aliphatic heterocycles. The van der Waals surface area contributed by atoms with E-state index in [1.807, 2.05) is 0 Å². The summed E-state index contributed by atoms with van der Waals surface area (Å²) in [6, 6.07) is -0.694. The Morgan fingerprint density at radius 3 is 2.62 bits per heavy atom. The molecule has 0 aromatic carbocycles. The normalized spacial score (nSPS) is 28.8. The van der Waals surface area contributed by atoms with Gasteiger partial charge in [-0.25, -0.2) is 8.78 Å². The minimum atomic E-state index is -2.72. The maximum atomic E-state index is 12.9. The third-order valence-corrected chi connectivity index (χ3v) is 3.54. The smallest absolute Gasteiger partial charge is 0.262 e. The average Bonchev–Trinajstić information content (AvgIpc) is 2.51. The second-order valence-corrected chi connectivity index (χ2v) is 5.01. The Labute approximate surface area is 94.2 Å². The molecule has 2 aliphatic rings. The molecule has 1 atom stereocenters. The largest absolute Gasteiger partial charge is 0.344 e. The lowest BCUT2D eigenvalue weighted by Gasteiger charge is -2.31. The molecule has 16 heavy (non-hydrogen) atoms. The van der Waals surface area contributed by atoms with E-state index in [4.69, 9.17) is 0 Å². The lowest BCUT2D eigenvalue weighted by molar-refractivity contribution is -0.133. The fraction of sp³-hybridized carbons (Fsp3) is 0.909. The minimum Gasteiger partial charge on any atom is -0.344 e. The highest BCUT2D eigenvalue weighted by Gasteiger charge is 2.43. The van der Waals surface area contributed by atoms with Gasteiger partial charge in [0.25, 0.3) is 5.92 Å². The number of nitrogens with zero attached hydrogens (tertiary/aromatic N) is 1. The Balaban J connectivity index is 1.82. The van der Waals surface area contributed by atoms with E-state index in [1.54, 1.807) is 11.9 Å². The lowest BCUT2D eigenvalue weighted by Crippen LogP contribution is -2.44. The number of hydrogen-bond donors (Lipinski definition) is 1. The molecule has 0 bridgehead atoms. The van der Waals surface area contributed by atoms with E-state index < -0.39 is 12.0 Å². The summed E-state index contributed by atoms with van der Waals surface area (Å²) in [6.45, 7) is 0.337. The van der Waals surface area contributed by atoms with Crippen molar-refractivity contribution < 1.29 is 13.6 Å². The Kier molecular flexibility index (Phi) is 3.15. The second kappa shape index (κ2) is 4.28. The minimum absolute atomic E-state index is 0.191. The van der Waals surface area contributed by atoms with Crippen LogP contribution in [0.1, 0.15) is 25.7 Å². The first-order valence-corrected chi connectivity index (χ1v) is 5.84. The quantitative estimate of drug-likeness (QED) is 0.794. The highest BCUT2D eigenvalue weighted by molar-refractivity contribution is 5.82. The van der Waals surface area contributed by atoms with Crippen molar-refractivity contribution in [2.45, 2.75) is 37.6 Å². The van der Waals surface area contributed by atoms with Crippen LogP contribution in [-0.2, 0) is 4.79 Å². The Morgan fingerprint density at radius 2 is 2.19 bits per heavy atom. The summed E-state index contributed by atoms with van der Waals surface area (Å²) in [5, 5.41) is 2.60. The van der Waals surface area contributed by atoms with Gasteiger partial charge >= 0.3 is 0 Å². The molecule has 1 heterocycles. The molecule has 1 unspecified atom stereocenters. The highest BCUT2D eigenvalue weighted by atomic mass is 19.3. The standard InChI is InChI=1S/C11H18F2N2O/c1-15(6-8-3-2-4-8)10(16)9-5-11(12,13)7-14-9/h8-9,14H,2-7H2,1H3. The fourth-order valence-electron chi connectivity index (χ4n) is 2.31. The van der Waals surface area contributed by atoms with Crippen LogP contribution in [0.15, 0.2) is 0 Å². The van der Waals surface area contributed by atoms with Gasteiger partial charge in [-0.15, -0.1) is 0 Å². The van der Waals surface area contributed by atoms with Crippen LogP contribution in [0, 0.1) is 5.92 Å². The van der Waals surface area contributed by atoms with Gasteiger partial charge in [0, 0.05) is 20.0 Å². The Bertz CT molecular complexity index is 279.